The lowest BCUT2D eigenvalue weighted by molar-refractivity contribution is -0.443. The van der Waals surface area contributed by atoms with Gasteiger partial charge in [-0.25, -0.2) is 0 Å². The lowest BCUT2D eigenvalue weighted by Crippen LogP contribution is -3.00. The monoisotopic (exact) mass is 530 g/mol. The van der Waals surface area contributed by atoms with E-state index in [1.807, 2.05) is 0 Å². The molecule has 0 amide bonds. The van der Waals surface area contributed by atoms with Gasteiger partial charge in [0.25, 0.3) is 0 Å². The maximum absolute atomic E-state index is 9.21. The van der Waals surface area contributed by atoms with Gasteiger partial charge in [-0.05, 0) is 70.1 Å². The molecule has 4 aliphatic rings. The molecule has 0 fully saturated rings. The Morgan fingerprint density at radius 2 is 1.66 bits per heavy atom. The van der Waals surface area contributed by atoms with Crippen molar-refractivity contribution in [2.75, 3.05) is 24.6 Å². The Hall–Kier alpha value is -2.36. The van der Waals surface area contributed by atoms with Crippen LogP contribution in [0.15, 0.2) is 60.3 Å². The largest absolute Gasteiger partial charge is 1.00 e. The SMILES string of the molecule is CC1(C)C(C=CC=C2N3CCCc4cccc(c43)C2(C)CCCCCCO)=[N+]2CCCc3cccc1c32.[Cl-]. The second kappa shape index (κ2) is 10.7. The molecule has 0 radical (unpaired) electrons. The van der Waals surface area contributed by atoms with Crippen LogP contribution in [-0.4, -0.2) is 35.1 Å². The number of aliphatic hydroxyl groups excluding tert-OH is 1. The second-order valence-corrected chi connectivity index (χ2v) is 12.3. The Balaban J connectivity index is 0.00000294. The van der Waals surface area contributed by atoms with Crippen molar-refractivity contribution in [2.45, 2.75) is 89.4 Å². The fourth-order valence-corrected chi connectivity index (χ4v) is 7.65. The molecule has 4 heteroatoms. The van der Waals surface area contributed by atoms with Crippen molar-refractivity contribution < 1.29 is 22.1 Å². The number of para-hydroxylation sites is 2. The first-order valence-corrected chi connectivity index (χ1v) is 14.6. The van der Waals surface area contributed by atoms with Crippen molar-refractivity contribution in [1.82, 2.24) is 0 Å². The van der Waals surface area contributed by atoms with Crippen molar-refractivity contribution in [3.8, 4) is 0 Å². The fourth-order valence-electron chi connectivity index (χ4n) is 7.65. The molecule has 2 aromatic carbocycles. The summed E-state index contributed by atoms with van der Waals surface area (Å²) in [5.41, 5.74) is 12.0. The van der Waals surface area contributed by atoms with E-state index in [4.69, 9.17) is 0 Å². The molecule has 4 aliphatic heterocycles. The quantitative estimate of drug-likeness (QED) is 0.410. The Morgan fingerprint density at radius 3 is 2.47 bits per heavy atom. The molecule has 202 valence electrons. The number of anilines is 1. The minimum absolute atomic E-state index is 0. The molecule has 38 heavy (non-hydrogen) atoms. The van der Waals surface area contributed by atoms with E-state index >= 15 is 0 Å². The summed E-state index contributed by atoms with van der Waals surface area (Å²) >= 11 is 0. The van der Waals surface area contributed by atoms with Crippen LogP contribution < -0.4 is 17.3 Å². The number of unbranched alkanes of at least 4 members (excludes halogenated alkanes) is 3. The van der Waals surface area contributed by atoms with E-state index in [2.05, 4.69) is 84.9 Å². The number of hydrogen-bond donors (Lipinski definition) is 1. The Morgan fingerprint density at radius 1 is 0.921 bits per heavy atom. The number of aliphatic hydroxyl groups is 1. The maximum Gasteiger partial charge on any atom is 0.212 e. The van der Waals surface area contributed by atoms with Gasteiger partial charge in [0.1, 0.15) is 6.54 Å². The average molecular weight is 531 g/mol. The first-order chi connectivity index (χ1) is 18.0. The molecule has 0 saturated carbocycles. The highest BCUT2D eigenvalue weighted by Gasteiger charge is 2.47. The minimum atomic E-state index is 0. The second-order valence-electron chi connectivity index (χ2n) is 12.3. The number of aryl methyl sites for hydroxylation is 2. The summed E-state index contributed by atoms with van der Waals surface area (Å²) in [6.45, 7) is 9.82. The van der Waals surface area contributed by atoms with E-state index in [-0.39, 0.29) is 23.2 Å². The van der Waals surface area contributed by atoms with E-state index in [0.717, 1.165) is 32.4 Å². The zero-order valence-corrected chi connectivity index (χ0v) is 24.2. The van der Waals surface area contributed by atoms with Crippen LogP contribution in [0, 0.1) is 0 Å². The number of rotatable bonds is 8. The van der Waals surface area contributed by atoms with Crippen LogP contribution in [0.1, 0.15) is 88.0 Å². The normalized spacial score (nSPS) is 23.7. The number of benzene rings is 2. The zero-order valence-electron chi connectivity index (χ0n) is 23.4. The molecule has 0 aromatic heterocycles. The van der Waals surface area contributed by atoms with E-state index in [9.17, 15) is 5.11 Å². The third-order valence-electron chi connectivity index (χ3n) is 9.58. The van der Waals surface area contributed by atoms with Gasteiger partial charge in [-0.1, -0.05) is 61.7 Å². The molecular formula is C34H43ClN2O. The highest BCUT2D eigenvalue weighted by Crippen LogP contribution is 2.53. The molecule has 1 unspecified atom stereocenters. The molecule has 0 aliphatic carbocycles. The van der Waals surface area contributed by atoms with Crippen LogP contribution in [0.3, 0.4) is 0 Å². The molecule has 0 spiro atoms. The third kappa shape index (κ3) is 4.27. The predicted molar refractivity (Wildman–Crippen MR) is 154 cm³/mol. The molecule has 3 nitrogen and oxygen atoms in total. The highest BCUT2D eigenvalue weighted by atomic mass is 35.5. The average Bonchev–Trinajstić information content (AvgIpc) is 3.28. The van der Waals surface area contributed by atoms with Gasteiger partial charge in [-0.15, -0.1) is 0 Å². The smallest absolute Gasteiger partial charge is 0.212 e. The number of allylic oxidation sites excluding steroid dienone is 4. The topological polar surface area (TPSA) is 26.5 Å². The Kier molecular flexibility index (Phi) is 7.64. The number of nitrogens with zero attached hydrogens (tertiary/aromatic N) is 2. The van der Waals surface area contributed by atoms with E-state index in [1.165, 1.54) is 83.6 Å². The molecule has 1 N–H and O–H groups in total. The Bertz CT molecular complexity index is 1300. The zero-order chi connectivity index (χ0) is 25.6. The van der Waals surface area contributed by atoms with E-state index in [1.54, 1.807) is 0 Å². The van der Waals surface area contributed by atoms with Crippen LogP contribution in [0.25, 0.3) is 0 Å². The van der Waals surface area contributed by atoms with Crippen molar-refractivity contribution in [3.63, 3.8) is 0 Å². The van der Waals surface area contributed by atoms with Gasteiger partial charge in [0.05, 0.1) is 5.41 Å². The van der Waals surface area contributed by atoms with Crippen LogP contribution >= 0.6 is 0 Å². The molecule has 6 rings (SSSR count). The predicted octanol–water partition coefficient (Wildman–Crippen LogP) is 4.12. The first-order valence-electron chi connectivity index (χ1n) is 14.6. The van der Waals surface area contributed by atoms with Gasteiger partial charge in [-0.2, -0.15) is 4.58 Å². The molecule has 0 bridgehead atoms. The molecule has 0 saturated heterocycles. The van der Waals surface area contributed by atoms with Crippen LogP contribution in [-0.2, 0) is 23.7 Å². The van der Waals surface area contributed by atoms with Gasteiger partial charge in [0, 0.05) is 53.6 Å². The summed E-state index contributed by atoms with van der Waals surface area (Å²) in [4.78, 5) is 2.64. The Labute approximate surface area is 235 Å². The highest BCUT2D eigenvalue weighted by molar-refractivity contribution is 6.03. The first kappa shape index (κ1) is 27.2. The summed E-state index contributed by atoms with van der Waals surface area (Å²) in [6.07, 6.45) is 17.6. The summed E-state index contributed by atoms with van der Waals surface area (Å²) in [5, 5.41) is 9.21. The van der Waals surface area contributed by atoms with Gasteiger partial charge in [0.2, 0.25) is 5.69 Å². The van der Waals surface area contributed by atoms with Crippen LogP contribution in [0.4, 0.5) is 11.4 Å². The maximum atomic E-state index is 9.21. The summed E-state index contributed by atoms with van der Waals surface area (Å²) in [6, 6.07) is 13.9. The van der Waals surface area contributed by atoms with Crippen molar-refractivity contribution in [2.24, 2.45) is 0 Å². The van der Waals surface area contributed by atoms with Crippen molar-refractivity contribution in [1.29, 1.82) is 0 Å². The standard InChI is InChI=1S/C34H43N2O.ClH/c1-33(2)27-17-8-13-25-15-11-22-35(31(25)27)29(33)19-10-20-30-34(3,21-6-4-5-7-24-37)28-18-9-14-26-16-12-23-36(30)32(26)28;/h8-10,13-14,17-20,37H,4-7,11-12,15-16,21-24H2,1-3H3;1H/q+1;/p-1. The van der Waals surface area contributed by atoms with Gasteiger partial charge in [0.15, 0.2) is 5.71 Å². The molecule has 1 atom stereocenters. The summed E-state index contributed by atoms with van der Waals surface area (Å²) < 4.78 is 2.60. The summed E-state index contributed by atoms with van der Waals surface area (Å²) in [5.74, 6) is 0. The van der Waals surface area contributed by atoms with Gasteiger partial charge in [-0.3, -0.25) is 0 Å². The van der Waals surface area contributed by atoms with Crippen LogP contribution in [0.2, 0.25) is 0 Å². The molecular weight excluding hydrogens is 488 g/mol. The van der Waals surface area contributed by atoms with Gasteiger partial charge >= 0.3 is 0 Å². The van der Waals surface area contributed by atoms with E-state index in [0.29, 0.717) is 6.61 Å². The lowest BCUT2D eigenvalue weighted by Gasteiger charge is -2.32. The number of halogens is 1. The van der Waals surface area contributed by atoms with Crippen molar-refractivity contribution >= 4 is 17.1 Å². The van der Waals surface area contributed by atoms with Gasteiger partial charge < -0.3 is 22.4 Å². The number of hydrogen-bond acceptors (Lipinski definition) is 2. The summed E-state index contributed by atoms with van der Waals surface area (Å²) in [7, 11) is 0. The van der Waals surface area contributed by atoms with Crippen LogP contribution in [0.5, 0.6) is 0 Å². The lowest BCUT2D eigenvalue weighted by atomic mass is 9.76. The minimum Gasteiger partial charge on any atom is -1.00 e. The van der Waals surface area contributed by atoms with E-state index < -0.39 is 0 Å². The third-order valence-corrected chi connectivity index (χ3v) is 9.58. The molecule has 4 heterocycles. The molecule has 2 aromatic rings. The van der Waals surface area contributed by atoms with Crippen molar-refractivity contribution in [3.05, 3.63) is 82.6 Å². The fraction of sp³-hybridized carbons (Fsp3) is 0.500.